The molecule has 0 radical (unpaired) electrons. The van der Waals surface area contributed by atoms with Crippen LogP contribution in [0.5, 0.6) is 0 Å². The fourth-order valence-corrected chi connectivity index (χ4v) is 2.47. The van der Waals surface area contributed by atoms with E-state index in [9.17, 15) is 9.59 Å². The molecule has 24 heavy (non-hydrogen) atoms. The largest absolute Gasteiger partial charge is 0.464 e. The number of amides is 1. The fraction of sp³-hybridized carbons (Fsp3) is 0.812. The second kappa shape index (κ2) is 7.38. The summed E-state index contributed by atoms with van der Waals surface area (Å²) in [6, 6.07) is -0.475. The highest BCUT2D eigenvalue weighted by Gasteiger charge is 2.56. The number of nitrogens with zero attached hydrogens (tertiary/aromatic N) is 1. The summed E-state index contributed by atoms with van der Waals surface area (Å²) >= 11 is 0. The standard InChI is InChI=1S/C16H28N2O6/c1-9(2)11(17-14(20)23-15(4,5)6)12-10(3)16(22-8,24-18-12)13(19)21-7/h9-11H,1-8H3,(H,17,20)/t10?,11-,16?/m0/s1. The maximum atomic E-state index is 12.1. The van der Waals surface area contributed by atoms with Gasteiger partial charge in [-0.2, -0.15) is 0 Å². The number of alkyl carbamates (subject to hydrolysis) is 1. The first-order chi connectivity index (χ1) is 11.0. The van der Waals surface area contributed by atoms with Gasteiger partial charge in [-0.1, -0.05) is 19.0 Å². The first kappa shape index (κ1) is 20.2. The average molecular weight is 344 g/mol. The number of oxime groups is 1. The Bertz CT molecular complexity index is 511. The number of methoxy groups -OCH3 is 2. The molecule has 0 bridgehead atoms. The summed E-state index contributed by atoms with van der Waals surface area (Å²) in [5.41, 5.74) is -0.129. The van der Waals surface area contributed by atoms with E-state index in [1.54, 1.807) is 27.7 Å². The van der Waals surface area contributed by atoms with Crippen molar-refractivity contribution < 1.29 is 28.6 Å². The third-order valence-corrected chi connectivity index (χ3v) is 3.73. The Morgan fingerprint density at radius 1 is 1.29 bits per heavy atom. The summed E-state index contributed by atoms with van der Waals surface area (Å²) in [7, 11) is 2.59. The van der Waals surface area contributed by atoms with Crippen molar-refractivity contribution in [3.63, 3.8) is 0 Å². The van der Waals surface area contributed by atoms with Gasteiger partial charge in [-0.3, -0.25) is 0 Å². The van der Waals surface area contributed by atoms with Gasteiger partial charge in [-0.15, -0.1) is 0 Å². The number of hydrogen-bond acceptors (Lipinski definition) is 7. The number of carbonyl (C=O) groups is 2. The smallest absolute Gasteiger partial charge is 0.408 e. The lowest BCUT2D eigenvalue weighted by molar-refractivity contribution is -0.238. The highest BCUT2D eigenvalue weighted by Crippen LogP contribution is 2.34. The second-order valence-electron chi connectivity index (χ2n) is 7.06. The van der Waals surface area contributed by atoms with Gasteiger partial charge in [0.1, 0.15) is 5.60 Å². The third kappa shape index (κ3) is 4.17. The molecule has 1 aliphatic heterocycles. The third-order valence-electron chi connectivity index (χ3n) is 3.73. The van der Waals surface area contributed by atoms with Crippen molar-refractivity contribution in [1.82, 2.24) is 5.32 Å². The molecule has 1 aliphatic rings. The number of rotatable bonds is 5. The molecule has 1 heterocycles. The van der Waals surface area contributed by atoms with Gasteiger partial charge in [0.2, 0.25) is 0 Å². The van der Waals surface area contributed by atoms with E-state index in [4.69, 9.17) is 19.0 Å². The molecule has 0 aromatic heterocycles. The molecule has 1 rings (SSSR count). The Kier molecular flexibility index (Phi) is 6.21. The number of esters is 1. The zero-order valence-corrected chi connectivity index (χ0v) is 15.6. The van der Waals surface area contributed by atoms with Crippen molar-refractivity contribution in [2.24, 2.45) is 17.0 Å². The molecule has 0 aromatic rings. The maximum Gasteiger partial charge on any atom is 0.408 e. The molecule has 8 heteroatoms. The first-order valence-corrected chi connectivity index (χ1v) is 7.87. The lowest BCUT2D eigenvalue weighted by Gasteiger charge is -2.30. The highest BCUT2D eigenvalue weighted by molar-refractivity contribution is 5.99. The number of carbonyl (C=O) groups excluding carboxylic acids is 2. The molecule has 0 spiro atoms. The van der Waals surface area contributed by atoms with Gasteiger partial charge in [0.05, 0.1) is 24.8 Å². The quantitative estimate of drug-likeness (QED) is 0.767. The van der Waals surface area contributed by atoms with Gasteiger partial charge >= 0.3 is 17.8 Å². The molecule has 1 amide bonds. The van der Waals surface area contributed by atoms with E-state index in [-0.39, 0.29) is 5.92 Å². The lowest BCUT2D eigenvalue weighted by atomic mass is 9.86. The van der Waals surface area contributed by atoms with E-state index in [2.05, 4.69) is 10.5 Å². The predicted molar refractivity (Wildman–Crippen MR) is 87.4 cm³/mol. The molecule has 0 aromatic carbocycles. The molecule has 2 unspecified atom stereocenters. The van der Waals surface area contributed by atoms with Crippen LogP contribution in [0.3, 0.4) is 0 Å². The van der Waals surface area contributed by atoms with Crippen LogP contribution in [-0.4, -0.2) is 49.4 Å². The highest BCUT2D eigenvalue weighted by atomic mass is 16.8. The Balaban J connectivity index is 2.99. The van der Waals surface area contributed by atoms with Gasteiger partial charge in [0, 0.05) is 7.11 Å². The first-order valence-electron chi connectivity index (χ1n) is 7.87. The van der Waals surface area contributed by atoms with Crippen molar-refractivity contribution in [2.45, 2.75) is 59.0 Å². The molecule has 1 N–H and O–H groups in total. The fourth-order valence-electron chi connectivity index (χ4n) is 2.47. The maximum absolute atomic E-state index is 12.1. The minimum absolute atomic E-state index is 0.00683. The Morgan fingerprint density at radius 2 is 1.88 bits per heavy atom. The van der Waals surface area contributed by atoms with E-state index < -0.39 is 35.4 Å². The van der Waals surface area contributed by atoms with Crippen LogP contribution in [0.15, 0.2) is 5.16 Å². The van der Waals surface area contributed by atoms with Crippen molar-refractivity contribution >= 4 is 17.8 Å². The summed E-state index contributed by atoms with van der Waals surface area (Å²) in [5.74, 6) is -2.88. The van der Waals surface area contributed by atoms with Crippen LogP contribution in [0.2, 0.25) is 0 Å². The molecular formula is C16H28N2O6. The van der Waals surface area contributed by atoms with E-state index in [0.29, 0.717) is 5.71 Å². The van der Waals surface area contributed by atoms with Gasteiger partial charge in [-0.05, 0) is 33.6 Å². The predicted octanol–water partition coefficient (Wildman–Crippen LogP) is 2.07. The molecule has 3 atom stereocenters. The normalized spacial score (nSPS) is 24.9. The Hall–Kier alpha value is -1.83. The summed E-state index contributed by atoms with van der Waals surface area (Å²) < 4.78 is 15.3. The van der Waals surface area contributed by atoms with Gasteiger partial charge in [-0.25, -0.2) is 9.59 Å². The van der Waals surface area contributed by atoms with Crippen LogP contribution < -0.4 is 5.32 Å². The summed E-state index contributed by atoms with van der Waals surface area (Å²) in [6.45, 7) is 10.9. The van der Waals surface area contributed by atoms with Gasteiger partial charge in [0.15, 0.2) is 0 Å². The Labute approximate surface area is 142 Å². The van der Waals surface area contributed by atoms with Gasteiger partial charge < -0.3 is 24.4 Å². The van der Waals surface area contributed by atoms with Crippen LogP contribution in [0.4, 0.5) is 4.79 Å². The molecule has 0 fully saturated rings. The van der Waals surface area contributed by atoms with Crippen molar-refractivity contribution in [2.75, 3.05) is 14.2 Å². The minimum atomic E-state index is -1.65. The van der Waals surface area contributed by atoms with Crippen LogP contribution in [0.1, 0.15) is 41.5 Å². The molecule has 138 valence electrons. The van der Waals surface area contributed by atoms with Crippen LogP contribution >= 0.6 is 0 Å². The number of nitrogens with one attached hydrogen (secondary N) is 1. The molecule has 0 saturated carbocycles. The van der Waals surface area contributed by atoms with Crippen LogP contribution in [-0.2, 0) is 23.8 Å². The van der Waals surface area contributed by atoms with E-state index in [1.807, 2.05) is 13.8 Å². The van der Waals surface area contributed by atoms with Crippen molar-refractivity contribution in [3.05, 3.63) is 0 Å². The molecular weight excluding hydrogens is 316 g/mol. The zero-order chi connectivity index (χ0) is 18.7. The summed E-state index contributed by atoms with van der Waals surface area (Å²) in [6.07, 6.45) is -0.566. The van der Waals surface area contributed by atoms with E-state index in [1.165, 1.54) is 14.2 Å². The van der Waals surface area contributed by atoms with Crippen LogP contribution in [0, 0.1) is 11.8 Å². The van der Waals surface area contributed by atoms with E-state index in [0.717, 1.165) is 0 Å². The zero-order valence-electron chi connectivity index (χ0n) is 15.6. The molecule has 0 saturated heterocycles. The van der Waals surface area contributed by atoms with Crippen molar-refractivity contribution in [3.8, 4) is 0 Å². The monoisotopic (exact) mass is 344 g/mol. The number of hydrogen-bond donors (Lipinski definition) is 1. The summed E-state index contributed by atoms with van der Waals surface area (Å²) in [5, 5.41) is 6.79. The van der Waals surface area contributed by atoms with Crippen molar-refractivity contribution in [1.29, 1.82) is 0 Å². The number of ether oxygens (including phenoxy) is 3. The summed E-state index contributed by atoms with van der Waals surface area (Å²) in [4.78, 5) is 29.5. The average Bonchev–Trinajstić information content (AvgIpc) is 2.79. The second-order valence-corrected chi connectivity index (χ2v) is 7.06. The SMILES string of the molecule is COC(=O)C1(OC)ON=C([C@@H](NC(=O)OC(C)(C)C)C(C)C)C1C. The topological polar surface area (TPSA) is 95.5 Å². The molecule has 0 aliphatic carbocycles. The van der Waals surface area contributed by atoms with E-state index >= 15 is 0 Å². The molecule has 8 nitrogen and oxygen atoms in total. The Morgan fingerprint density at radius 3 is 2.29 bits per heavy atom. The van der Waals surface area contributed by atoms with Crippen LogP contribution in [0.25, 0.3) is 0 Å². The minimum Gasteiger partial charge on any atom is -0.464 e. The lowest BCUT2D eigenvalue weighted by Crippen LogP contribution is -2.53. The van der Waals surface area contributed by atoms with Gasteiger partial charge in [0.25, 0.3) is 0 Å².